The molecule has 0 saturated heterocycles. The maximum atomic E-state index is 11.3. The van der Waals surface area contributed by atoms with Gasteiger partial charge in [0, 0.05) is 6.54 Å². The molecule has 1 atom stereocenters. The molecule has 2 aliphatic rings. The number of aryl methyl sites for hydroxylation is 1. The highest BCUT2D eigenvalue weighted by molar-refractivity contribution is 5.85. The molecule has 8 heteroatoms. The van der Waals surface area contributed by atoms with E-state index in [1.54, 1.807) is 0 Å². The minimum Gasteiger partial charge on any atom is -0.480 e. The van der Waals surface area contributed by atoms with E-state index in [9.17, 15) is 9.90 Å². The molecule has 1 unspecified atom stereocenters. The van der Waals surface area contributed by atoms with Gasteiger partial charge in [-0.15, -0.1) is 35.0 Å². The van der Waals surface area contributed by atoms with Crippen molar-refractivity contribution in [1.82, 2.24) is 19.7 Å². The summed E-state index contributed by atoms with van der Waals surface area (Å²) in [4.78, 5) is 13.3. The first kappa shape index (κ1) is 16.2. The van der Waals surface area contributed by atoms with Gasteiger partial charge in [0.05, 0.1) is 13.1 Å². The molecule has 1 aliphatic carbocycles. The number of halogens is 2. The van der Waals surface area contributed by atoms with Crippen LogP contribution in [0.3, 0.4) is 0 Å². The number of hydrogen-bond acceptors (Lipinski definition) is 4. The second kappa shape index (κ2) is 6.07. The Morgan fingerprint density at radius 2 is 2.05 bits per heavy atom. The molecule has 1 aromatic heterocycles. The molecule has 1 aliphatic heterocycles. The van der Waals surface area contributed by atoms with Crippen molar-refractivity contribution >= 4 is 30.8 Å². The van der Waals surface area contributed by atoms with Crippen molar-refractivity contribution in [1.29, 1.82) is 0 Å². The lowest BCUT2D eigenvalue weighted by Gasteiger charge is -2.33. The van der Waals surface area contributed by atoms with Gasteiger partial charge in [-0.25, -0.2) is 0 Å². The van der Waals surface area contributed by atoms with Crippen LogP contribution in [0.15, 0.2) is 0 Å². The fourth-order valence-electron chi connectivity index (χ4n) is 2.42. The first-order chi connectivity index (χ1) is 8.15. The standard InChI is InChI=1S/C11H16N4O2.2ClH/c1-7-12-13-10-6-14(4-8-2-3-8)9(11(16)17)5-15(7)10;;/h8-9H,2-6H2,1H3,(H,16,17);2*1H. The highest BCUT2D eigenvalue weighted by Crippen LogP contribution is 2.32. The van der Waals surface area contributed by atoms with Gasteiger partial charge >= 0.3 is 5.97 Å². The summed E-state index contributed by atoms with van der Waals surface area (Å²) in [6, 6.07) is -0.433. The first-order valence-electron chi connectivity index (χ1n) is 6.00. The Labute approximate surface area is 124 Å². The number of nitrogens with zero attached hydrogens (tertiary/aromatic N) is 4. The van der Waals surface area contributed by atoms with Gasteiger partial charge in [-0.05, 0) is 25.7 Å². The number of carboxylic acids is 1. The monoisotopic (exact) mass is 308 g/mol. The molecule has 1 saturated carbocycles. The number of hydrogen-bond donors (Lipinski definition) is 1. The van der Waals surface area contributed by atoms with Crippen LogP contribution in [0.2, 0.25) is 0 Å². The predicted octanol–water partition coefficient (Wildman–Crippen LogP) is 1.11. The Hall–Kier alpha value is -0.850. The maximum Gasteiger partial charge on any atom is 0.322 e. The molecular formula is C11H18Cl2N4O2. The van der Waals surface area contributed by atoms with E-state index in [1.807, 2.05) is 16.4 Å². The second-order valence-corrected chi connectivity index (χ2v) is 5.00. The number of aromatic nitrogens is 3. The highest BCUT2D eigenvalue weighted by Gasteiger charge is 2.36. The Balaban J connectivity index is 0.000000902. The molecule has 0 radical (unpaired) electrons. The van der Waals surface area contributed by atoms with E-state index in [1.165, 1.54) is 12.8 Å². The summed E-state index contributed by atoms with van der Waals surface area (Å²) in [5.74, 6) is 1.63. The summed E-state index contributed by atoms with van der Waals surface area (Å²) in [6.45, 7) is 3.82. The zero-order valence-corrected chi connectivity index (χ0v) is 12.3. The lowest BCUT2D eigenvalue weighted by Crippen LogP contribution is -2.48. The molecule has 1 fully saturated rings. The number of aliphatic carboxylic acids is 1. The van der Waals surface area contributed by atoms with Gasteiger partial charge in [0.2, 0.25) is 0 Å². The minimum absolute atomic E-state index is 0. The van der Waals surface area contributed by atoms with E-state index < -0.39 is 12.0 Å². The second-order valence-electron chi connectivity index (χ2n) is 5.00. The van der Waals surface area contributed by atoms with E-state index in [2.05, 4.69) is 10.2 Å². The molecule has 0 spiro atoms. The van der Waals surface area contributed by atoms with Gasteiger partial charge in [0.25, 0.3) is 0 Å². The van der Waals surface area contributed by atoms with E-state index in [4.69, 9.17) is 0 Å². The molecule has 19 heavy (non-hydrogen) atoms. The predicted molar refractivity (Wildman–Crippen MR) is 73.8 cm³/mol. The van der Waals surface area contributed by atoms with Crippen molar-refractivity contribution in [3.8, 4) is 0 Å². The molecule has 1 N–H and O–H groups in total. The van der Waals surface area contributed by atoms with Gasteiger partial charge in [-0.1, -0.05) is 0 Å². The van der Waals surface area contributed by atoms with Crippen LogP contribution in [-0.2, 0) is 17.9 Å². The Morgan fingerprint density at radius 3 is 2.63 bits per heavy atom. The topological polar surface area (TPSA) is 71.2 Å². The van der Waals surface area contributed by atoms with Gasteiger partial charge in [0.1, 0.15) is 17.7 Å². The van der Waals surface area contributed by atoms with Crippen LogP contribution in [0.5, 0.6) is 0 Å². The molecule has 108 valence electrons. The smallest absolute Gasteiger partial charge is 0.322 e. The van der Waals surface area contributed by atoms with Crippen LogP contribution < -0.4 is 0 Å². The summed E-state index contributed by atoms with van der Waals surface area (Å²) in [5.41, 5.74) is 0. The number of carbonyl (C=O) groups is 1. The van der Waals surface area contributed by atoms with Crippen LogP contribution in [0.4, 0.5) is 0 Å². The van der Waals surface area contributed by atoms with E-state index in [-0.39, 0.29) is 24.8 Å². The van der Waals surface area contributed by atoms with Crippen molar-refractivity contribution in [3.63, 3.8) is 0 Å². The molecule has 0 aromatic carbocycles. The maximum absolute atomic E-state index is 11.3. The normalized spacial score (nSPS) is 22.1. The average molecular weight is 309 g/mol. The zero-order valence-electron chi connectivity index (χ0n) is 10.7. The Morgan fingerprint density at radius 1 is 1.37 bits per heavy atom. The molecule has 2 heterocycles. The lowest BCUT2D eigenvalue weighted by molar-refractivity contribution is -0.145. The van der Waals surface area contributed by atoms with Crippen molar-refractivity contribution in [2.45, 2.75) is 38.9 Å². The van der Waals surface area contributed by atoms with Crippen LogP contribution >= 0.6 is 24.8 Å². The fourth-order valence-corrected chi connectivity index (χ4v) is 2.42. The number of fused-ring (bicyclic) bond motifs is 1. The minimum atomic E-state index is -0.746. The third-order valence-electron chi connectivity index (χ3n) is 3.63. The molecule has 0 bridgehead atoms. The SMILES string of the molecule is Cc1nnc2n1CC(C(=O)O)N(CC1CC1)C2.Cl.Cl. The molecule has 3 rings (SSSR count). The van der Waals surface area contributed by atoms with E-state index in [0.717, 1.165) is 18.2 Å². The zero-order chi connectivity index (χ0) is 12.0. The Kier molecular flexibility index (Phi) is 5.18. The van der Waals surface area contributed by atoms with Gasteiger partial charge in [-0.2, -0.15) is 0 Å². The summed E-state index contributed by atoms with van der Waals surface area (Å²) in [7, 11) is 0. The summed E-state index contributed by atoms with van der Waals surface area (Å²) >= 11 is 0. The van der Waals surface area contributed by atoms with Gasteiger partial charge < -0.3 is 9.67 Å². The molecule has 6 nitrogen and oxygen atoms in total. The largest absolute Gasteiger partial charge is 0.480 e. The third-order valence-corrected chi connectivity index (χ3v) is 3.63. The van der Waals surface area contributed by atoms with Gasteiger partial charge in [-0.3, -0.25) is 9.69 Å². The van der Waals surface area contributed by atoms with Crippen LogP contribution in [0, 0.1) is 12.8 Å². The summed E-state index contributed by atoms with van der Waals surface area (Å²) in [5, 5.41) is 17.4. The number of rotatable bonds is 3. The third kappa shape index (κ3) is 3.19. The van der Waals surface area contributed by atoms with Crippen LogP contribution in [0.25, 0.3) is 0 Å². The van der Waals surface area contributed by atoms with E-state index in [0.29, 0.717) is 19.0 Å². The number of carboxylic acid groups (broad SMARTS) is 1. The lowest BCUT2D eigenvalue weighted by atomic mass is 10.1. The van der Waals surface area contributed by atoms with Crippen LogP contribution in [-0.4, -0.2) is 43.3 Å². The highest BCUT2D eigenvalue weighted by atomic mass is 35.5. The summed E-state index contributed by atoms with van der Waals surface area (Å²) in [6.07, 6.45) is 2.46. The van der Waals surface area contributed by atoms with Crippen molar-refractivity contribution in [2.24, 2.45) is 5.92 Å². The Bertz CT molecular complexity index is 462. The molecular weight excluding hydrogens is 291 g/mol. The first-order valence-corrected chi connectivity index (χ1v) is 6.00. The van der Waals surface area contributed by atoms with Gasteiger partial charge in [0.15, 0.2) is 0 Å². The van der Waals surface area contributed by atoms with Crippen molar-refractivity contribution in [2.75, 3.05) is 6.54 Å². The van der Waals surface area contributed by atoms with E-state index >= 15 is 0 Å². The van der Waals surface area contributed by atoms with Crippen molar-refractivity contribution < 1.29 is 9.90 Å². The van der Waals surface area contributed by atoms with Crippen LogP contribution in [0.1, 0.15) is 24.5 Å². The molecule has 1 aromatic rings. The molecule has 0 amide bonds. The summed E-state index contributed by atoms with van der Waals surface area (Å²) < 4.78 is 1.92. The quantitative estimate of drug-likeness (QED) is 0.905. The fraction of sp³-hybridized carbons (Fsp3) is 0.727. The van der Waals surface area contributed by atoms with Crippen molar-refractivity contribution in [3.05, 3.63) is 11.6 Å². The average Bonchev–Trinajstić information content (AvgIpc) is 3.02.